The predicted molar refractivity (Wildman–Crippen MR) is 86.3 cm³/mol. The molecule has 112 valence electrons. The van der Waals surface area contributed by atoms with E-state index in [4.69, 9.17) is 0 Å². The van der Waals surface area contributed by atoms with Crippen molar-refractivity contribution in [1.82, 2.24) is 20.1 Å². The zero-order chi connectivity index (χ0) is 15.4. The van der Waals surface area contributed by atoms with Crippen LogP contribution in [0.15, 0.2) is 48.2 Å². The van der Waals surface area contributed by atoms with Gasteiger partial charge in [0.05, 0.1) is 18.4 Å². The van der Waals surface area contributed by atoms with Gasteiger partial charge < -0.3 is 10.6 Å². The van der Waals surface area contributed by atoms with Gasteiger partial charge in [-0.05, 0) is 42.1 Å². The molecule has 2 N–H and O–H groups in total. The average molecular weight is 313 g/mol. The van der Waals surface area contributed by atoms with Gasteiger partial charge in [0.25, 0.3) is 0 Å². The van der Waals surface area contributed by atoms with Gasteiger partial charge in [-0.2, -0.15) is 5.10 Å². The Balaban J connectivity index is 1.56. The monoisotopic (exact) mass is 313 g/mol. The number of hydrogen-bond donors (Lipinski definition) is 2. The van der Waals surface area contributed by atoms with E-state index in [1.54, 1.807) is 40.5 Å². The molecule has 3 aromatic heterocycles. The third-order valence-electron chi connectivity index (χ3n) is 3.12. The first-order valence-corrected chi connectivity index (χ1v) is 7.64. The molecule has 0 fully saturated rings. The maximum absolute atomic E-state index is 11.9. The molecule has 0 aromatic carbocycles. The molecule has 3 rings (SSSR count). The number of nitrogens with zero attached hydrogens (tertiary/aromatic N) is 3. The van der Waals surface area contributed by atoms with Crippen LogP contribution in [-0.4, -0.2) is 20.8 Å². The Labute approximate surface area is 131 Å². The lowest BCUT2D eigenvalue weighted by atomic mass is 10.3. The van der Waals surface area contributed by atoms with Gasteiger partial charge in [0.15, 0.2) is 5.82 Å². The highest BCUT2D eigenvalue weighted by atomic mass is 32.1. The molecule has 0 saturated carbocycles. The van der Waals surface area contributed by atoms with Gasteiger partial charge >= 0.3 is 6.03 Å². The average Bonchev–Trinajstić information content (AvgIpc) is 3.18. The third-order valence-corrected chi connectivity index (χ3v) is 4.15. The van der Waals surface area contributed by atoms with E-state index in [-0.39, 0.29) is 6.03 Å². The summed E-state index contributed by atoms with van der Waals surface area (Å²) in [5.41, 5.74) is 1.83. The van der Waals surface area contributed by atoms with Crippen molar-refractivity contribution in [2.45, 2.75) is 13.5 Å². The van der Waals surface area contributed by atoms with Gasteiger partial charge in [0.1, 0.15) is 0 Å². The van der Waals surface area contributed by atoms with Gasteiger partial charge in [-0.25, -0.2) is 14.5 Å². The van der Waals surface area contributed by atoms with Crippen LogP contribution in [0.1, 0.15) is 10.4 Å². The van der Waals surface area contributed by atoms with E-state index < -0.39 is 0 Å². The molecule has 0 aliphatic heterocycles. The molecule has 3 aromatic rings. The minimum Gasteiger partial charge on any atom is -0.333 e. The standard InChI is InChI=1S/C15H15N5OS/c1-11-5-8-22-13(11)10-17-15(21)19-12-3-4-14(16-9-12)20-7-2-6-18-20/h2-9H,10H2,1H3,(H2,17,19,21). The van der Waals surface area contributed by atoms with Crippen LogP contribution in [0.4, 0.5) is 10.5 Å². The molecule has 22 heavy (non-hydrogen) atoms. The maximum atomic E-state index is 11.9. The molecule has 0 spiro atoms. The number of thiophene rings is 1. The highest BCUT2D eigenvalue weighted by Crippen LogP contribution is 2.15. The van der Waals surface area contributed by atoms with Gasteiger partial charge in [0.2, 0.25) is 0 Å². The van der Waals surface area contributed by atoms with E-state index >= 15 is 0 Å². The van der Waals surface area contributed by atoms with Crippen molar-refractivity contribution in [2.24, 2.45) is 0 Å². The first-order chi connectivity index (χ1) is 10.7. The Bertz CT molecular complexity index is 749. The fourth-order valence-corrected chi connectivity index (χ4v) is 2.77. The van der Waals surface area contributed by atoms with Crippen molar-refractivity contribution in [3.05, 3.63) is 58.7 Å². The summed E-state index contributed by atoms with van der Waals surface area (Å²) in [4.78, 5) is 17.3. The number of nitrogens with one attached hydrogen (secondary N) is 2. The molecule has 0 aliphatic rings. The summed E-state index contributed by atoms with van der Waals surface area (Å²) < 4.78 is 1.66. The van der Waals surface area contributed by atoms with Crippen LogP contribution in [0.5, 0.6) is 0 Å². The van der Waals surface area contributed by atoms with Gasteiger partial charge in [-0.15, -0.1) is 11.3 Å². The summed E-state index contributed by atoms with van der Waals surface area (Å²) >= 11 is 1.63. The van der Waals surface area contributed by atoms with Crippen LogP contribution >= 0.6 is 11.3 Å². The number of carbonyl (C=O) groups excluding carboxylic acids is 1. The van der Waals surface area contributed by atoms with Crippen LogP contribution in [0.3, 0.4) is 0 Å². The smallest absolute Gasteiger partial charge is 0.319 e. The van der Waals surface area contributed by atoms with E-state index in [0.717, 1.165) is 4.88 Å². The number of anilines is 1. The van der Waals surface area contributed by atoms with Crippen molar-refractivity contribution < 1.29 is 4.79 Å². The molecular formula is C15H15N5OS. The molecule has 0 atom stereocenters. The van der Waals surface area contributed by atoms with E-state index in [9.17, 15) is 4.79 Å². The lowest BCUT2D eigenvalue weighted by Gasteiger charge is -2.08. The third kappa shape index (κ3) is 3.32. The van der Waals surface area contributed by atoms with Gasteiger partial charge in [-0.1, -0.05) is 0 Å². The molecule has 3 heterocycles. The Morgan fingerprint density at radius 2 is 2.27 bits per heavy atom. The molecular weight excluding hydrogens is 298 g/mol. The molecule has 0 radical (unpaired) electrons. The lowest BCUT2D eigenvalue weighted by Crippen LogP contribution is -2.28. The number of hydrogen-bond acceptors (Lipinski definition) is 4. The minimum atomic E-state index is -0.249. The zero-order valence-corrected chi connectivity index (χ0v) is 12.8. The van der Waals surface area contributed by atoms with E-state index in [0.29, 0.717) is 18.1 Å². The summed E-state index contributed by atoms with van der Waals surface area (Å²) in [6, 6.07) is 7.21. The molecule has 7 heteroatoms. The molecule has 2 amide bonds. The summed E-state index contributed by atoms with van der Waals surface area (Å²) in [7, 11) is 0. The van der Waals surface area contributed by atoms with Crippen molar-refractivity contribution in [1.29, 1.82) is 0 Å². The fraction of sp³-hybridized carbons (Fsp3) is 0.133. The number of rotatable bonds is 4. The molecule has 6 nitrogen and oxygen atoms in total. The Morgan fingerprint density at radius 3 is 2.91 bits per heavy atom. The van der Waals surface area contributed by atoms with Crippen LogP contribution < -0.4 is 10.6 Å². The van der Waals surface area contributed by atoms with Crippen LogP contribution in [0.25, 0.3) is 5.82 Å². The van der Waals surface area contributed by atoms with Crippen molar-refractivity contribution in [3.63, 3.8) is 0 Å². The molecule has 0 bridgehead atoms. The summed E-state index contributed by atoms with van der Waals surface area (Å²) in [5, 5.41) is 11.7. The minimum absolute atomic E-state index is 0.249. The van der Waals surface area contributed by atoms with Crippen LogP contribution in [0, 0.1) is 6.92 Å². The van der Waals surface area contributed by atoms with Gasteiger partial charge in [-0.3, -0.25) is 0 Å². The Hall–Kier alpha value is -2.67. The SMILES string of the molecule is Cc1ccsc1CNC(=O)Nc1ccc(-n2cccn2)nc1. The topological polar surface area (TPSA) is 71.8 Å². The van der Waals surface area contributed by atoms with E-state index in [1.165, 1.54) is 5.56 Å². The second-order valence-corrected chi connectivity index (χ2v) is 5.69. The fourth-order valence-electron chi connectivity index (χ4n) is 1.92. The zero-order valence-electron chi connectivity index (χ0n) is 12.0. The van der Waals surface area contributed by atoms with Gasteiger partial charge in [0, 0.05) is 17.3 Å². The van der Waals surface area contributed by atoms with Crippen LogP contribution in [0.2, 0.25) is 0 Å². The number of carbonyl (C=O) groups is 1. The normalized spacial score (nSPS) is 10.4. The highest BCUT2D eigenvalue weighted by Gasteiger charge is 2.05. The Kier molecular flexibility index (Phi) is 4.15. The molecule has 0 unspecified atom stereocenters. The van der Waals surface area contributed by atoms with Crippen molar-refractivity contribution in [3.8, 4) is 5.82 Å². The highest BCUT2D eigenvalue weighted by molar-refractivity contribution is 7.10. The molecule has 0 saturated heterocycles. The van der Waals surface area contributed by atoms with Crippen molar-refractivity contribution in [2.75, 3.05) is 5.32 Å². The largest absolute Gasteiger partial charge is 0.333 e. The second-order valence-electron chi connectivity index (χ2n) is 4.69. The Morgan fingerprint density at radius 1 is 1.36 bits per heavy atom. The number of urea groups is 1. The number of pyridine rings is 1. The summed E-state index contributed by atoms with van der Waals surface area (Å²) in [6.45, 7) is 2.55. The lowest BCUT2D eigenvalue weighted by molar-refractivity contribution is 0.252. The van der Waals surface area contributed by atoms with Crippen LogP contribution in [-0.2, 0) is 6.54 Å². The number of aromatic nitrogens is 3. The van der Waals surface area contributed by atoms with E-state index in [2.05, 4.69) is 20.7 Å². The summed E-state index contributed by atoms with van der Waals surface area (Å²) in [6.07, 6.45) is 5.10. The number of amides is 2. The van der Waals surface area contributed by atoms with Crippen molar-refractivity contribution >= 4 is 23.1 Å². The molecule has 0 aliphatic carbocycles. The summed E-state index contributed by atoms with van der Waals surface area (Å²) in [5.74, 6) is 0.699. The maximum Gasteiger partial charge on any atom is 0.319 e. The van der Waals surface area contributed by atoms with E-state index in [1.807, 2.05) is 30.6 Å². The predicted octanol–water partition coefficient (Wildman–Crippen LogP) is 2.96. The second kappa shape index (κ2) is 6.40. The first-order valence-electron chi connectivity index (χ1n) is 6.76. The first kappa shape index (κ1) is 14.3. The number of aryl methyl sites for hydroxylation is 1. The quantitative estimate of drug-likeness (QED) is 0.778.